The van der Waals surface area contributed by atoms with Crippen molar-refractivity contribution in [2.24, 2.45) is 0 Å². The lowest BCUT2D eigenvalue weighted by atomic mass is 10.3. The van der Waals surface area contributed by atoms with E-state index in [1.54, 1.807) is 20.0 Å². The fourth-order valence-corrected chi connectivity index (χ4v) is 0.647. The van der Waals surface area contributed by atoms with Crippen LogP contribution in [0.1, 0.15) is 6.92 Å². The minimum atomic E-state index is 0.436. The summed E-state index contributed by atoms with van der Waals surface area (Å²) in [5.41, 5.74) is 6.64. The molecule has 0 radical (unpaired) electrons. The lowest BCUT2D eigenvalue weighted by Crippen LogP contribution is -2.28. The van der Waals surface area contributed by atoms with Gasteiger partial charge in [0.05, 0.1) is 12.8 Å². The average Bonchev–Trinajstić information content (AvgIpc) is 2.01. The number of ether oxygens (including phenoxy) is 1. The van der Waals surface area contributed by atoms with Gasteiger partial charge in [-0.25, -0.2) is 5.43 Å². The van der Waals surface area contributed by atoms with Gasteiger partial charge in [0.15, 0.2) is 0 Å². The zero-order valence-corrected chi connectivity index (χ0v) is 7.69. The van der Waals surface area contributed by atoms with Crippen molar-refractivity contribution in [2.75, 3.05) is 14.2 Å². The van der Waals surface area contributed by atoms with Crippen LogP contribution < -0.4 is 10.9 Å². The number of hydrogen-bond acceptors (Lipinski definition) is 4. The quantitative estimate of drug-likeness (QED) is 0.247. The second kappa shape index (κ2) is 5.37. The Balaban J connectivity index is 4.42. The van der Waals surface area contributed by atoms with Crippen LogP contribution >= 0.6 is 0 Å². The highest BCUT2D eigenvalue weighted by Crippen LogP contribution is 2.03. The van der Waals surface area contributed by atoms with Gasteiger partial charge in [0.25, 0.3) is 0 Å². The molecule has 0 saturated carbocycles. The normalized spacial score (nSPS) is 10.8. The molecular weight excluding hydrogens is 154 g/mol. The van der Waals surface area contributed by atoms with Gasteiger partial charge in [0.1, 0.15) is 5.76 Å². The third kappa shape index (κ3) is 3.78. The SMILES string of the molecule is C=C(OC)/C(=C/C(C)=N)NNC. The molecular formula is C8H15N3O. The Bertz CT molecular complexity index is 208. The molecule has 0 aromatic rings. The van der Waals surface area contributed by atoms with Crippen molar-refractivity contribution >= 4 is 5.71 Å². The zero-order valence-electron chi connectivity index (χ0n) is 7.69. The fraction of sp³-hybridized carbons (Fsp3) is 0.375. The largest absolute Gasteiger partial charge is 0.495 e. The molecule has 0 aromatic heterocycles. The molecule has 0 amide bonds. The van der Waals surface area contributed by atoms with Crippen molar-refractivity contribution < 1.29 is 4.74 Å². The summed E-state index contributed by atoms with van der Waals surface area (Å²) in [6.45, 7) is 5.34. The van der Waals surface area contributed by atoms with Gasteiger partial charge in [-0.05, 0) is 13.0 Å². The maximum absolute atomic E-state index is 7.23. The lowest BCUT2D eigenvalue weighted by Gasteiger charge is -2.10. The summed E-state index contributed by atoms with van der Waals surface area (Å²) in [5, 5.41) is 7.23. The summed E-state index contributed by atoms with van der Waals surface area (Å²) < 4.78 is 4.90. The molecule has 4 nitrogen and oxygen atoms in total. The molecule has 0 aliphatic heterocycles. The molecule has 0 spiro atoms. The van der Waals surface area contributed by atoms with Crippen molar-refractivity contribution in [3.8, 4) is 0 Å². The van der Waals surface area contributed by atoms with Crippen LogP contribution in [0.25, 0.3) is 0 Å². The molecule has 0 aliphatic carbocycles. The molecule has 0 aromatic carbocycles. The fourth-order valence-electron chi connectivity index (χ4n) is 0.647. The third-order valence-electron chi connectivity index (χ3n) is 1.17. The van der Waals surface area contributed by atoms with Crippen LogP contribution in [0, 0.1) is 5.41 Å². The van der Waals surface area contributed by atoms with E-state index in [1.807, 2.05) is 0 Å². The molecule has 0 fully saturated rings. The van der Waals surface area contributed by atoms with Crippen LogP contribution in [-0.4, -0.2) is 19.9 Å². The summed E-state index contributed by atoms with van der Waals surface area (Å²) in [7, 11) is 3.27. The molecule has 0 rings (SSSR count). The molecule has 68 valence electrons. The number of hydrazine groups is 1. The molecule has 0 saturated heterocycles. The molecule has 0 heterocycles. The van der Waals surface area contributed by atoms with Crippen molar-refractivity contribution in [1.29, 1.82) is 5.41 Å². The first-order valence-corrected chi connectivity index (χ1v) is 3.54. The summed E-state index contributed by atoms with van der Waals surface area (Å²) in [4.78, 5) is 0. The summed E-state index contributed by atoms with van der Waals surface area (Å²) in [5.74, 6) is 0.496. The standard InChI is InChI=1S/C8H15N3O/c1-6(9)5-8(11-10-3)7(2)12-4/h5,9-11H,2H2,1,3-4H3/b8-5-,9-6?. The number of methoxy groups -OCH3 is 1. The van der Waals surface area contributed by atoms with E-state index in [4.69, 9.17) is 10.1 Å². The lowest BCUT2D eigenvalue weighted by molar-refractivity contribution is 0.296. The Morgan fingerprint density at radius 3 is 2.50 bits per heavy atom. The van der Waals surface area contributed by atoms with Crippen molar-refractivity contribution in [1.82, 2.24) is 10.9 Å². The predicted octanol–water partition coefficient (Wildman–Crippen LogP) is 0.794. The van der Waals surface area contributed by atoms with Gasteiger partial charge in [-0.3, -0.25) is 0 Å². The van der Waals surface area contributed by atoms with E-state index in [0.29, 0.717) is 17.2 Å². The molecule has 0 atom stereocenters. The van der Waals surface area contributed by atoms with Gasteiger partial charge in [0, 0.05) is 12.8 Å². The molecule has 0 unspecified atom stereocenters. The minimum Gasteiger partial charge on any atom is -0.495 e. The molecule has 0 aliphatic rings. The molecule has 0 bridgehead atoms. The maximum atomic E-state index is 7.23. The molecule has 3 N–H and O–H groups in total. The smallest absolute Gasteiger partial charge is 0.136 e. The Morgan fingerprint density at radius 1 is 1.58 bits per heavy atom. The van der Waals surface area contributed by atoms with E-state index < -0.39 is 0 Å². The molecule has 12 heavy (non-hydrogen) atoms. The summed E-state index contributed by atoms with van der Waals surface area (Å²) >= 11 is 0. The highest BCUT2D eigenvalue weighted by atomic mass is 16.5. The highest BCUT2D eigenvalue weighted by Gasteiger charge is 2.00. The van der Waals surface area contributed by atoms with Crippen LogP contribution in [0.3, 0.4) is 0 Å². The Kier molecular flexibility index (Phi) is 4.79. The first kappa shape index (κ1) is 10.7. The van der Waals surface area contributed by atoms with Gasteiger partial charge in [-0.2, -0.15) is 0 Å². The number of hydrogen-bond donors (Lipinski definition) is 3. The van der Waals surface area contributed by atoms with Crippen molar-refractivity contribution in [3.63, 3.8) is 0 Å². The number of allylic oxidation sites excluding steroid dienone is 1. The second-order valence-corrected chi connectivity index (χ2v) is 2.24. The van der Waals surface area contributed by atoms with Gasteiger partial charge >= 0.3 is 0 Å². The van der Waals surface area contributed by atoms with E-state index in [-0.39, 0.29) is 0 Å². The van der Waals surface area contributed by atoms with Crippen LogP contribution in [0.15, 0.2) is 24.1 Å². The zero-order chi connectivity index (χ0) is 9.56. The Hall–Kier alpha value is -1.29. The minimum absolute atomic E-state index is 0.436. The van der Waals surface area contributed by atoms with Crippen LogP contribution in [-0.2, 0) is 4.74 Å². The van der Waals surface area contributed by atoms with Crippen LogP contribution in [0.5, 0.6) is 0 Å². The first-order valence-electron chi connectivity index (χ1n) is 3.54. The summed E-state index contributed by atoms with van der Waals surface area (Å²) in [6.07, 6.45) is 1.63. The van der Waals surface area contributed by atoms with E-state index in [0.717, 1.165) is 0 Å². The van der Waals surface area contributed by atoms with Gasteiger partial charge in [0.2, 0.25) is 0 Å². The highest BCUT2D eigenvalue weighted by molar-refractivity contribution is 5.91. The van der Waals surface area contributed by atoms with E-state index in [1.165, 1.54) is 7.11 Å². The first-order chi connectivity index (χ1) is 5.61. The van der Waals surface area contributed by atoms with Crippen LogP contribution in [0.2, 0.25) is 0 Å². The third-order valence-corrected chi connectivity index (χ3v) is 1.17. The Labute approximate surface area is 72.8 Å². The van der Waals surface area contributed by atoms with Crippen molar-refractivity contribution in [3.05, 3.63) is 24.1 Å². The number of nitrogens with one attached hydrogen (secondary N) is 3. The van der Waals surface area contributed by atoms with Crippen molar-refractivity contribution in [2.45, 2.75) is 6.92 Å². The Morgan fingerprint density at radius 2 is 2.17 bits per heavy atom. The second-order valence-electron chi connectivity index (χ2n) is 2.24. The van der Waals surface area contributed by atoms with Gasteiger partial charge < -0.3 is 15.6 Å². The van der Waals surface area contributed by atoms with Gasteiger partial charge in [-0.15, -0.1) is 0 Å². The van der Waals surface area contributed by atoms with E-state index >= 15 is 0 Å². The average molecular weight is 169 g/mol. The predicted molar refractivity (Wildman–Crippen MR) is 49.8 cm³/mol. The molecule has 4 heteroatoms. The monoisotopic (exact) mass is 169 g/mol. The number of rotatable bonds is 5. The topological polar surface area (TPSA) is 57.1 Å². The van der Waals surface area contributed by atoms with Gasteiger partial charge in [-0.1, -0.05) is 6.58 Å². The van der Waals surface area contributed by atoms with Crippen LogP contribution in [0.4, 0.5) is 0 Å². The van der Waals surface area contributed by atoms with E-state index in [9.17, 15) is 0 Å². The van der Waals surface area contributed by atoms with E-state index in [2.05, 4.69) is 17.4 Å². The maximum Gasteiger partial charge on any atom is 0.136 e. The summed E-state index contributed by atoms with van der Waals surface area (Å²) in [6, 6.07) is 0.